The smallest absolute Gasteiger partial charge is 0.293 e. The lowest BCUT2D eigenvalue weighted by molar-refractivity contribution is -0.384. The number of carbonyl (C=O) groups excluding carboxylic acids is 1. The van der Waals surface area contributed by atoms with Crippen LogP contribution in [0.2, 0.25) is 0 Å². The Hall–Kier alpha value is -5.64. The first kappa shape index (κ1) is 40.2. The molecule has 1 unspecified atom stereocenters. The van der Waals surface area contributed by atoms with Crippen LogP contribution >= 0.6 is 0 Å². The van der Waals surface area contributed by atoms with Gasteiger partial charge >= 0.3 is 0 Å². The Morgan fingerprint density at radius 2 is 1.93 bits per heavy atom. The molecule has 3 aromatic carbocycles. The van der Waals surface area contributed by atoms with E-state index in [1.807, 2.05) is 6.07 Å². The van der Waals surface area contributed by atoms with E-state index < -0.39 is 37.1 Å². The zero-order valence-electron chi connectivity index (χ0n) is 32.8. The second kappa shape index (κ2) is 16.9. The minimum atomic E-state index is -4.62. The third kappa shape index (κ3) is 8.73. The molecule has 2 aliphatic heterocycles. The number of allylic oxidation sites excluding steroid dienone is 1. The maximum Gasteiger partial charge on any atom is 0.293 e. The third-order valence-electron chi connectivity index (χ3n) is 11.8. The highest BCUT2D eigenvalue weighted by atomic mass is 32.2. The molecule has 13 nitrogen and oxygen atoms in total. The zero-order chi connectivity index (χ0) is 41.1. The van der Waals surface area contributed by atoms with Crippen molar-refractivity contribution in [1.29, 1.82) is 0 Å². The quantitative estimate of drug-likeness (QED) is 0.0772. The summed E-state index contributed by atoms with van der Waals surface area (Å²) < 4.78 is 56.1. The molecule has 5 aromatic rings. The molecule has 308 valence electrons. The number of pyridine rings is 1. The number of amides is 1. The van der Waals surface area contributed by atoms with Crippen molar-refractivity contribution < 1.29 is 32.0 Å². The molecule has 2 aromatic heterocycles. The van der Waals surface area contributed by atoms with Crippen LogP contribution in [-0.4, -0.2) is 72.1 Å². The largest absolute Gasteiger partial charge is 0.455 e. The Morgan fingerprint density at radius 1 is 1.10 bits per heavy atom. The number of aromatic amines is 1. The zero-order valence-corrected chi connectivity index (χ0v) is 33.6. The van der Waals surface area contributed by atoms with Gasteiger partial charge in [0.05, 0.1) is 21.6 Å². The Bertz CT molecular complexity index is 2520. The van der Waals surface area contributed by atoms with Gasteiger partial charge in [-0.15, -0.1) is 0 Å². The number of halogens is 1. The highest BCUT2D eigenvalue weighted by molar-refractivity contribution is 7.90. The Labute approximate surface area is 342 Å². The van der Waals surface area contributed by atoms with Gasteiger partial charge in [0.25, 0.3) is 21.6 Å². The van der Waals surface area contributed by atoms with Crippen LogP contribution in [0, 0.1) is 10.1 Å². The topological polar surface area (TPSA) is 169 Å². The molecule has 1 aliphatic carbocycles. The van der Waals surface area contributed by atoms with Gasteiger partial charge in [0.2, 0.25) is 0 Å². The van der Waals surface area contributed by atoms with Crippen molar-refractivity contribution in [2.75, 3.05) is 31.6 Å². The highest BCUT2D eigenvalue weighted by Gasteiger charge is 2.35. The molecular weight excluding hydrogens is 776 g/mol. The van der Waals surface area contributed by atoms with Gasteiger partial charge in [-0.2, -0.15) is 0 Å². The van der Waals surface area contributed by atoms with E-state index in [0.717, 1.165) is 73.7 Å². The number of carbonyl (C=O) groups is 1. The van der Waals surface area contributed by atoms with Gasteiger partial charge in [-0.1, -0.05) is 43.3 Å². The number of fused-ring (bicyclic) bond motifs is 1. The first-order valence-electron chi connectivity index (χ1n) is 20.1. The fourth-order valence-corrected chi connectivity index (χ4v) is 9.59. The number of anilines is 1. The van der Waals surface area contributed by atoms with Crippen molar-refractivity contribution in [3.63, 3.8) is 0 Å². The standard InChI is InChI=1S/C44H47FN6O7S/c1-2-29-6-3-4-7-36(29)39-8-5-21-50(39)33-12-9-30(10-13-33)31-11-15-37(41(25-31)58-34-24-32-17-20-46-42(32)47-27-34)43(52)49-59(55,56)35-14-16-38(40(26-35)51(53)54)48-28-44(45)18-22-57-23-19-44/h3-4,6-7,9,11,14-17,20,24-27,33,39,48H,2,5,8,10,12-13,18-19,21-23,28H2,1H3,(H,46,47)(H,49,52)/t33?,39-/m0/s1. The molecule has 0 radical (unpaired) electrons. The average molecular weight is 823 g/mol. The van der Waals surface area contributed by atoms with Crippen LogP contribution in [0.15, 0.2) is 96.2 Å². The monoisotopic (exact) mass is 822 g/mol. The van der Waals surface area contributed by atoms with Crippen molar-refractivity contribution in [2.45, 2.75) is 80.9 Å². The van der Waals surface area contributed by atoms with Crippen molar-refractivity contribution in [3.05, 3.63) is 124 Å². The van der Waals surface area contributed by atoms with Gasteiger partial charge in [-0.05, 0) is 104 Å². The highest BCUT2D eigenvalue weighted by Crippen LogP contribution is 2.41. The summed E-state index contributed by atoms with van der Waals surface area (Å²) in [6.45, 7) is 3.53. The van der Waals surface area contributed by atoms with Gasteiger partial charge in [-0.3, -0.25) is 19.8 Å². The fraction of sp³-hybridized carbons (Fsp3) is 0.364. The maximum atomic E-state index is 15.2. The number of nitrogens with one attached hydrogen (secondary N) is 3. The van der Waals surface area contributed by atoms with E-state index in [9.17, 15) is 23.3 Å². The lowest BCUT2D eigenvalue weighted by Crippen LogP contribution is -2.38. The molecule has 0 bridgehead atoms. The number of H-pyrrole nitrogens is 1. The van der Waals surface area contributed by atoms with Gasteiger partial charge in [0.1, 0.15) is 28.5 Å². The number of aryl methyl sites for hydroxylation is 1. The van der Waals surface area contributed by atoms with E-state index in [0.29, 0.717) is 23.5 Å². The Kier molecular flexibility index (Phi) is 11.5. The number of sulfonamides is 1. The summed E-state index contributed by atoms with van der Waals surface area (Å²) >= 11 is 0. The van der Waals surface area contributed by atoms with Crippen molar-refractivity contribution in [2.24, 2.45) is 0 Å². The van der Waals surface area contributed by atoms with Gasteiger partial charge in [0, 0.05) is 62.3 Å². The molecule has 59 heavy (non-hydrogen) atoms. The van der Waals surface area contributed by atoms with Crippen LogP contribution in [0.4, 0.5) is 15.8 Å². The molecule has 15 heteroatoms. The van der Waals surface area contributed by atoms with Crippen LogP contribution < -0.4 is 14.8 Å². The number of benzene rings is 3. The summed E-state index contributed by atoms with van der Waals surface area (Å²) in [5.74, 6) is -0.536. The molecule has 4 heterocycles. The predicted octanol–water partition coefficient (Wildman–Crippen LogP) is 8.65. The lowest BCUT2D eigenvalue weighted by atomic mass is 9.88. The molecule has 2 saturated heterocycles. The molecular formula is C44H47FN6O7S. The summed E-state index contributed by atoms with van der Waals surface area (Å²) in [5.41, 5.74) is 3.11. The number of likely N-dealkylation sites (tertiary alicyclic amines) is 1. The minimum Gasteiger partial charge on any atom is -0.455 e. The molecule has 0 spiro atoms. The number of nitro groups is 1. The summed E-state index contributed by atoms with van der Waals surface area (Å²) in [4.78, 5) is 34.8. The Balaban J connectivity index is 1.04. The SMILES string of the molecule is CCc1ccccc1[C@@H]1CCCN1C1CC=C(c2ccc(C(=O)NS(=O)(=O)c3ccc(NCC4(F)CCOCC4)c([N+](=O)[O-])c3)c(Oc3cnc4[nH]ccc4c3)c2)CC1. The maximum absolute atomic E-state index is 15.2. The number of rotatable bonds is 13. The summed E-state index contributed by atoms with van der Waals surface area (Å²) in [5, 5.41) is 15.6. The number of aromatic nitrogens is 2. The van der Waals surface area contributed by atoms with Crippen LogP contribution in [0.25, 0.3) is 16.6 Å². The van der Waals surface area contributed by atoms with Crippen LogP contribution in [-0.2, 0) is 21.2 Å². The van der Waals surface area contributed by atoms with Crippen LogP contribution in [0.3, 0.4) is 0 Å². The van der Waals surface area contributed by atoms with E-state index in [1.54, 1.807) is 24.4 Å². The Morgan fingerprint density at radius 3 is 2.71 bits per heavy atom. The second-order valence-electron chi connectivity index (χ2n) is 15.5. The predicted molar refractivity (Wildman–Crippen MR) is 223 cm³/mol. The van der Waals surface area contributed by atoms with Gasteiger partial charge in [-0.25, -0.2) is 22.5 Å². The van der Waals surface area contributed by atoms with E-state index in [2.05, 4.69) is 62.2 Å². The van der Waals surface area contributed by atoms with E-state index in [4.69, 9.17) is 9.47 Å². The van der Waals surface area contributed by atoms with Gasteiger partial charge in [0.15, 0.2) is 0 Å². The average Bonchev–Trinajstić information content (AvgIpc) is 3.93. The lowest BCUT2D eigenvalue weighted by Gasteiger charge is -2.36. The third-order valence-corrected chi connectivity index (χ3v) is 13.2. The fourth-order valence-electron chi connectivity index (χ4n) is 8.60. The second-order valence-corrected chi connectivity index (χ2v) is 17.2. The molecule has 1 amide bonds. The van der Waals surface area contributed by atoms with Crippen molar-refractivity contribution in [1.82, 2.24) is 19.6 Å². The summed E-state index contributed by atoms with van der Waals surface area (Å²) in [6.07, 6.45) is 11.7. The molecule has 8 rings (SSSR count). The number of nitrogens with zero attached hydrogens (tertiary/aromatic N) is 3. The number of hydrogen-bond donors (Lipinski definition) is 3. The molecule has 3 N–H and O–H groups in total. The van der Waals surface area contributed by atoms with Crippen molar-refractivity contribution in [3.8, 4) is 11.5 Å². The van der Waals surface area contributed by atoms with Gasteiger partial charge < -0.3 is 19.8 Å². The normalized spacial score (nSPS) is 19.6. The van der Waals surface area contributed by atoms with Crippen LogP contribution in [0.5, 0.6) is 11.5 Å². The first-order valence-corrected chi connectivity index (χ1v) is 21.6. The van der Waals surface area contributed by atoms with E-state index in [1.165, 1.54) is 29.5 Å². The van der Waals surface area contributed by atoms with Crippen LogP contribution in [0.1, 0.15) is 85.0 Å². The van der Waals surface area contributed by atoms with Crippen molar-refractivity contribution >= 4 is 43.9 Å². The molecule has 2 fully saturated rings. The first-order chi connectivity index (χ1) is 28.5. The number of ether oxygens (including phenoxy) is 2. The van der Waals surface area contributed by atoms with E-state index >= 15 is 4.39 Å². The molecule has 0 saturated carbocycles. The molecule has 2 atom stereocenters. The van der Waals surface area contributed by atoms with E-state index in [-0.39, 0.29) is 49.6 Å². The summed E-state index contributed by atoms with van der Waals surface area (Å²) in [7, 11) is -4.62. The summed E-state index contributed by atoms with van der Waals surface area (Å²) in [6, 6.07) is 21.4. The number of hydrogen-bond acceptors (Lipinski definition) is 10. The minimum absolute atomic E-state index is 0.0477. The number of nitro benzene ring substituents is 1. The molecule has 3 aliphatic rings. The number of alkyl halides is 1.